The molecular weight excluding hydrogens is 236 g/mol. The van der Waals surface area contributed by atoms with E-state index in [9.17, 15) is 0 Å². The van der Waals surface area contributed by atoms with Gasteiger partial charge in [-0.1, -0.05) is 6.92 Å². The molecule has 0 spiro atoms. The Hall–Kier alpha value is -1.00. The van der Waals surface area contributed by atoms with E-state index in [1.165, 1.54) is 31.5 Å². The molecule has 0 aliphatic carbocycles. The van der Waals surface area contributed by atoms with E-state index in [1.807, 2.05) is 6.92 Å². The van der Waals surface area contributed by atoms with Crippen LogP contribution in [0.15, 0.2) is 6.07 Å². The van der Waals surface area contributed by atoms with Crippen LogP contribution in [-0.4, -0.2) is 40.8 Å². The highest BCUT2D eigenvalue weighted by atomic mass is 15.2. The van der Waals surface area contributed by atoms with Gasteiger partial charge in [-0.05, 0) is 57.8 Å². The molecule has 106 valence electrons. The van der Waals surface area contributed by atoms with Gasteiger partial charge >= 0.3 is 0 Å². The Kier molecular flexibility index (Phi) is 5.28. The van der Waals surface area contributed by atoms with E-state index in [4.69, 9.17) is 0 Å². The highest BCUT2D eigenvalue weighted by molar-refractivity contribution is 5.20. The molecule has 1 aliphatic rings. The van der Waals surface area contributed by atoms with Gasteiger partial charge in [0.15, 0.2) is 0 Å². The molecule has 2 heterocycles. The van der Waals surface area contributed by atoms with Gasteiger partial charge in [-0.2, -0.15) is 10.2 Å². The highest BCUT2D eigenvalue weighted by Gasteiger charge is 2.14. The summed E-state index contributed by atoms with van der Waals surface area (Å²) in [6.07, 6.45) is 3.67. The Labute approximate surface area is 116 Å². The predicted molar refractivity (Wildman–Crippen MR) is 78.1 cm³/mol. The zero-order valence-electron chi connectivity index (χ0n) is 12.4. The minimum atomic E-state index is 0.524. The lowest BCUT2D eigenvalue weighted by atomic mass is 10.1. The molecule has 0 amide bonds. The summed E-state index contributed by atoms with van der Waals surface area (Å²) in [5.41, 5.74) is 3.41. The standard InChI is InChI=1S/C15H26N4/c1-4-15-14(9-12(2)17-18-15)10-16-13(3)11-19-7-5-6-8-19/h9,13,16H,4-8,10-11H2,1-3H3. The Morgan fingerprint density at radius 1 is 1.32 bits per heavy atom. The van der Waals surface area contributed by atoms with Crippen LogP contribution in [0.5, 0.6) is 0 Å². The fourth-order valence-corrected chi connectivity index (χ4v) is 2.72. The smallest absolute Gasteiger partial charge is 0.0673 e. The number of rotatable bonds is 6. The summed E-state index contributed by atoms with van der Waals surface area (Å²) >= 11 is 0. The Bertz CT molecular complexity index is 399. The van der Waals surface area contributed by atoms with Gasteiger partial charge in [0.2, 0.25) is 0 Å². The third kappa shape index (κ3) is 4.25. The van der Waals surface area contributed by atoms with E-state index in [1.54, 1.807) is 0 Å². The van der Waals surface area contributed by atoms with Crippen molar-refractivity contribution in [1.82, 2.24) is 20.4 Å². The second-order valence-corrected chi connectivity index (χ2v) is 5.60. The van der Waals surface area contributed by atoms with Crippen LogP contribution in [0.3, 0.4) is 0 Å². The number of nitrogens with one attached hydrogen (secondary N) is 1. The fourth-order valence-electron chi connectivity index (χ4n) is 2.72. The minimum absolute atomic E-state index is 0.524. The van der Waals surface area contributed by atoms with E-state index in [2.05, 4.69) is 40.3 Å². The Balaban J connectivity index is 1.85. The maximum absolute atomic E-state index is 4.28. The molecule has 1 aromatic rings. The number of hydrogen-bond acceptors (Lipinski definition) is 4. The summed E-state index contributed by atoms with van der Waals surface area (Å²) in [5.74, 6) is 0. The molecule has 0 radical (unpaired) electrons. The van der Waals surface area contributed by atoms with Crippen LogP contribution in [0.1, 0.15) is 43.6 Å². The van der Waals surface area contributed by atoms with Crippen molar-refractivity contribution >= 4 is 0 Å². The Morgan fingerprint density at radius 3 is 2.74 bits per heavy atom. The third-order valence-corrected chi connectivity index (χ3v) is 3.79. The number of aromatic nitrogens is 2. The largest absolute Gasteiger partial charge is 0.309 e. The normalized spacial score (nSPS) is 17.8. The van der Waals surface area contributed by atoms with Gasteiger partial charge in [0.1, 0.15) is 0 Å². The topological polar surface area (TPSA) is 41.1 Å². The Morgan fingerprint density at radius 2 is 2.05 bits per heavy atom. The second-order valence-electron chi connectivity index (χ2n) is 5.60. The van der Waals surface area contributed by atoms with Gasteiger partial charge in [0.05, 0.1) is 11.4 Å². The van der Waals surface area contributed by atoms with Crippen LogP contribution in [0.2, 0.25) is 0 Å². The first-order valence-corrected chi connectivity index (χ1v) is 7.47. The summed E-state index contributed by atoms with van der Waals surface area (Å²) < 4.78 is 0. The molecule has 1 unspecified atom stereocenters. The molecule has 1 aromatic heterocycles. The van der Waals surface area contributed by atoms with E-state index < -0.39 is 0 Å². The first-order valence-electron chi connectivity index (χ1n) is 7.47. The van der Waals surface area contributed by atoms with Crippen molar-refractivity contribution in [2.75, 3.05) is 19.6 Å². The van der Waals surface area contributed by atoms with E-state index in [0.29, 0.717) is 6.04 Å². The van der Waals surface area contributed by atoms with Crippen LogP contribution in [0, 0.1) is 6.92 Å². The molecule has 2 rings (SSSR count). The molecule has 1 atom stereocenters. The summed E-state index contributed by atoms with van der Waals surface area (Å²) in [5, 5.41) is 12.0. The van der Waals surface area contributed by atoms with Gasteiger partial charge in [-0.15, -0.1) is 0 Å². The van der Waals surface area contributed by atoms with Gasteiger partial charge < -0.3 is 10.2 Å². The van der Waals surface area contributed by atoms with E-state index in [0.717, 1.165) is 30.9 Å². The molecule has 1 aliphatic heterocycles. The van der Waals surface area contributed by atoms with Gasteiger partial charge in [-0.25, -0.2) is 0 Å². The third-order valence-electron chi connectivity index (χ3n) is 3.79. The summed E-state index contributed by atoms with van der Waals surface area (Å²) in [7, 11) is 0. The molecule has 4 heteroatoms. The van der Waals surface area contributed by atoms with Crippen LogP contribution in [-0.2, 0) is 13.0 Å². The maximum Gasteiger partial charge on any atom is 0.0673 e. The molecule has 0 aromatic carbocycles. The van der Waals surface area contributed by atoms with Crippen molar-refractivity contribution < 1.29 is 0 Å². The van der Waals surface area contributed by atoms with Crippen LogP contribution < -0.4 is 5.32 Å². The van der Waals surface area contributed by atoms with Crippen molar-refractivity contribution in [3.05, 3.63) is 23.0 Å². The number of aryl methyl sites for hydroxylation is 2. The molecular formula is C15H26N4. The van der Waals surface area contributed by atoms with Crippen LogP contribution in [0.4, 0.5) is 0 Å². The molecule has 1 N–H and O–H groups in total. The molecule has 4 nitrogen and oxygen atoms in total. The van der Waals surface area contributed by atoms with Crippen molar-refractivity contribution in [2.24, 2.45) is 0 Å². The van der Waals surface area contributed by atoms with Crippen LogP contribution >= 0.6 is 0 Å². The van der Waals surface area contributed by atoms with Crippen molar-refractivity contribution in [1.29, 1.82) is 0 Å². The average Bonchev–Trinajstić information content (AvgIpc) is 2.89. The fraction of sp³-hybridized carbons (Fsp3) is 0.733. The lowest BCUT2D eigenvalue weighted by molar-refractivity contribution is 0.298. The quantitative estimate of drug-likeness (QED) is 0.850. The summed E-state index contributed by atoms with van der Waals surface area (Å²) in [6.45, 7) is 11.0. The zero-order chi connectivity index (χ0) is 13.7. The van der Waals surface area contributed by atoms with Crippen LogP contribution in [0.25, 0.3) is 0 Å². The number of hydrogen-bond donors (Lipinski definition) is 1. The first-order chi connectivity index (χ1) is 9.19. The molecule has 19 heavy (non-hydrogen) atoms. The monoisotopic (exact) mass is 262 g/mol. The number of nitrogens with zero attached hydrogens (tertiary/aromatic N) is 3. The second kappa shape index (κ2) is 6.96. The van der Waals surface area contributed by atoms with Crippen molar-refractivity contribution in [3.8, 4) is 0 Å². The molecule has 1 saturated heterocycles. The molecule has 0 saturated carbocycles. The van der Waals surface area contributed by atoms with Gasteiger partial charge in [0, 0.05) is 19.1 Å². The maximum atomic E-state index is 4.28. The van der Waals surface area contributed by atoms with Gasteiger partial charge in [-0.3, -0.25) is 0 Å². The molecule has 0 bridgehead atoms. The summed E-state index contributed by atoms with van der Waals surface area (Å²) in [4.78, 5) is 2.55. The lowest BCUT2D eigenvalue weighted by Crippen LogP contribution is -2.37. The highest BCUT2D eigenvalue weighted by Crippen LogP contribution is 2.09. The van der Waals surface area contributed by atoms with E-state index >= 15 is 0 Å². The lowest BCUT2D eigenvalue weighted by Gasteiger charge is -2.21. The van der Waals surface area contributed by atoms with Crippen molar-refractivity contribution in [3.63, 3.8) is 0 Å². The molecule has 1 fully saturated rings. The van der Waals surface area contributed by atoms with Crippen molar-refractivity contribution in [2.45, 2.75) is 52.6 Å². The first kappa shape index (κ1) is 14.4. The van der Waals surface area contributed by atoms with Gasteiger partial charge in [0.25, 0.3) is 0 Å². The zero-order valence-corrected chi connectivity index (χ0v) is 12.4. The number of likely N-dealkylation sites (tertiary alicyclic amines) is 1. The van der Waals surface area contributed by atoms with E-state index in [-0.39, 0.29) is 0 Å². The SMILES string of the molecule is CCc1nnc(C)cc1CNC(C)CN1CCCC1. The average molecular weight is 262 g/mol. The summed E-state index contributed by atoms with van der Waals surface area (Å²) in [6, 6.07) is 2.68. The predicted octanol–water partition coefficient (Wildman–Crippen LogP) is 1.92. The minimum Gasteiger partial charge on any atom is -0.309 e.